The third kappa shape index (κ3) is 2.44. The molecular formula is C14H11ClFNO3. The lowest BCUT2D eigenvalue weighted by molar-refractivity contribution is 0.171. The van der Waals surface area contributed by atoms with E-state index in [-0.39, 0.29) is 5.02 Å². The van der Waals surface area contributed by atoms with Crippen LogP contribution in [-0.2, 0) is 0 Å². The van der Waals surface area contributed by atoms with E-state index < -0.39 is 5.82 Å². The minimum absolute atomic E-state index is 0.166. The summed E-state index contributed by atoms with van der Waals surface area (Å²) in [6, 6.07) is 7.12. The second kappa shape index (κ2) is 5.09. The maximum atomic E-state index is 13.0. The Morgan fingerprint density at radius 1 is 1.05 bits per heavy atom. The molecule has 4 nitrogen and oxygen atoms in total. The van der Waals surface area contributed by atoms with Crippen LogP contribution in [0.3, 0.4) is 0 Å². The van der Waals surface area contributed by atoms with E-state index in [0.29, 0.717) is 41.9 Å². The predicted molar refractivity (Wildman–Crippen MR) is 73.3 cm³/mol. The van der Waals surface area contributed by atoms with Gasteiger partial charge in [0.15, 0.2) is 17.2 Å². The van der Waals surface area contributed by atoms with E-state index in [1.54, 1.807) is 12.1 Å². The minimum Gasteiger partial charge on any atom is -0.486 e. The molecule has 0 bridgehead atoms. The maximum absolute atomic E-state index is 13.0. The molecule has 20 heavy (non-hydrogen) atoms. The zero-order valence-electron chi connectivity index (χ0n) is 10.4. The Labute approximate surface area is 119 Å². The molecule has 2 N–H and O–H groups in total. The summed E-state index contributed by atoms with van der Waals surface area (Å²) in [4.78, 5) is 0. The lowest BCUT2D eigenvalue weighted by Crippen LogP contribution is -2.15. The minimum atomic E-state index is -0.433. The van der Waals surface area contributed by atoms with Gasteiger partial charge in [-0.2, -0.15) is 0 Å². The SMILES string of the molecule is Nc1cc2c(cc1Oc1ccc(F)cc1Cl)OCCO2. The van der Waals surface area contributed by atoms with Crippen molar-refractivity contribution in [2.75, 3.05) is 18.9 Å². The summed E-state index contributed by atoms with van der Waals surface area (Å²) in [5, 5.41) is 0.166. The summed E-state index contributed by atoms with van der Waals surface area (Å²) >= 11 is 5.91. The fraction of sp³-hybridized carbons (Fsp3) is 0.143. The number of hydrogen-bond acceptors (Lipinski definition) is 4. The molecule has 1 aliphatic heterocycles. The molecule has 0 aromatic heterocycles. The molecule has 2 aromatic rings. The molecule has 0 fully saturated rings. The van der Waals surface area contributed by atoms with Crippen LogP contribution < -0.4 is 19.9 Å². The number of fused-ring (bicyclic) bond motifs is 1. The number of rotatable bonds is 2. The summed E-state index contributed by atoms with van der Waals surface area (Å²) < 4.78 is 29.5. The Morgan fingerprint density at radius 2 is 1.75 bits per heavy atom. The van der Waals surface area contributed by atoms with Crippen LogP contribution in [0, 0.1) is 5.82 Å². The fourth-order valence-electron chi connectivity index (χ4n) is 1.85. The van der Waals surface area contributed by atoms with E-state index in [1.807, 2.05) is 0 Å². The van der Waals surface area contributed by atoms with Crippen molar-refractivity contribution >= 4 is 17.3 Å². The third-order valence-corrected chi connectivity index (χ3v) is 3.08. The zero-order chi connectivity index (χ0) is 14.1. The Hall–Kier alpha value is -2.14. The van der Waals surface area contributed by atoms with Crippen LogP contribution in [0.1, 0.15) is 0 Å². The van der Waals surface area contributed by atoms with Gasteiger partial charge in [-0.05, 0) is 18.2 Å². The normalized spacial score (nSPS) is 13.1. The Bertz CT molecular complexity index is 663. The first-order chi connectivity index (χ1) is 9.63. The predicted octanol–water partition coefficient (Wildman–Crippen LogP) is 3.62. The highest BCUT2D eigenvalue weighted by Crippen LogP contribution is 2.41. The standard InChI is InChI=1S/C14H11ClFNO3/c15-9-5-8(16)1-2-11(9)20-12-7-14-13(6-10(12)17)18-3-4-19-14/h1-2,5-7H,3-4,17H2. The highest BCUT2D eigenvalue weighted by atomic mass is 35.5. The molecular weight excluding hydrogens is 285 g/mol. The highest BCUT2D eigenvalue weighted by molar-refractivity contribution is 6.32. The number of benzene rings is 2. The Morgan fingerprint density at radius 3 is 2.45 bits per heavy atom. The van der Waals surface area contributed by atoms with Gasteiger partial charge in [0.1, 0.15) is 24.8 Å². The third-order valence-electron chi connectivity index (χ3n) is 2.79. The van der Waals surface area contributed by atoms with Crippen molar-refractivity contribution < 1.29 is 18.6 Å². The first-order valence-electron chi connectivity index (χ1n) is 5.95. The maximum Gasteiger partial charge on any atom is 0.165 e. The molecule has 6 heteroatoms. The van der Waals surface area contributed by atoms with Crippen LogP contribution in [0.5, 0.6) is 23.0 Å². The largest absolute Gasteiger partial charge is 0.486 e. The molecule has 0 unspecified atom stereocenters. The van der Waals surface area contributed by atoms with Crippen molar-refractivity contribution in [3.05, 3.63) is 41.2 Å². The van der Waals surface area contributed by atoms with Gasteiger partial charge in [-0.25, -0.2) is 4.39 Å². The molecule has 0 radical (unpaired) electrons. The van der Waals surface area contributed by atoms with Gasteiger partial charge in [-0.15, -0.1) is 0 Å². The van der Waals surface area contributed by atoms with E-state index >= 15 is 0 Å². The average molecular weight is 296 g/mol. The second-order valence-electron chi connectivity index (χ2n) is 4.21. The van der Waals surface area contributed by atoms with Gasteiger partial charge in [-0.1, -0.05) is 11.6 Å². The van der Waals surface area contributed by atoms with Gasteiger partial charge < -0.3 is 19.9 Å². The lowest BCUT2D eigenvalue weighted by Gasteiger charge is -2.20. The average Bonchev–Trinajstić information content (AvgIpc) is 2.42. The van der Waals surface area contributed by atoms with Crippen molar-refractivity contribution in [3.8, 4) is 23.0 Å². The van der Waals surface area contributed by atoms with E-state index in [9.17, 15) is 4.39 Å². The first kappa shape index (κ1) is 12.9. The van der Waals surface area contributed by atoms with Crippen molar-refractivity contribution in [2.24, 2.45) is 0 Å². The molecule has 0 spiro atoms. The van der Waals surface area contributed by atoms with Gasteiger partial charge >= 0.3 is 0 Å². The van der Waals surface area contributed by atoms with Crippen LogP contribution in [0.25, 0.3) is 0 Å². The summed E-state index contributed by atoms with van der Waals surface area (Å²) in [5.74, 6) is 1.39. The van der Waals surface area contributed by atoms with E-state index in [2.05, 4.69) is 0 Å². The number of nitrogen functional groups attached to an aromatic ring is 1. The molecule has 1 aliphatic rings. The molecule has 0 amide bonds. The number of ether oxygens (including phenoxy) is 3. The molecule has 1 heterocycles. The van der Waals surface area contributed by atoms with E-state index in [0.717, 1.165) is 0 Å². The summed E-state index contributed by atoms with van der Waals surface area (Å²) in [7, 11) is 0. The summed E-state index contributed by atoms with van der Waals surface area (Å²) in [5.41, 5.74) is 6.28. The smallest absolute Gasteiger partial charge is 0.165 e. The van der Waals surface area contributed by atoms with Gasteiger partial charge in [-0.3, -0.25) is 0 Å². The Balaban J connectivity index is 1.94. The van der Waals surface area contributed by atoms with Crippen molar-refractivity contribution in [3.63, 3.8) is 0 Å². The summed E-state index contributed by atoms with van der Waals surface area (Å²) in [6.07, 6.45) is 0. The van der Waals surface area contributed by atoms with Crippen LogP contribution >= 0.6 is 11.6 Å². The van der Waals surface area contributed by atoms with Gasteiger partial charge in [0.25, 0.3) is 0 Å². The number of nitrogens with two attached hydrogens (primary N) is 1. The lowest BCUT2D eigenvalue weighted by atomic mass is 10.2. The fourth-order valence-corrected chi connectivity index (χ4v) is 2.06. The molecule has 0 aliphatic carbocycles. The monoisotopic (exact) mass is 295 g/mol. The molecule has 2 aromatic carbocycles. The van der Waals surface area contributed by atoms with Crippen LogP contribution in [-0.4, -0.2) is 13.2 Å². The van der Waals surface area contributed by atoms with Crippen molar-refractivity contribution in [1.82, 2.24) is 0 Å². The van der Waals surface area contributed by atoms with Crippen LogP contribution in [0.15, 0.2) is 30.3 Å². The van der Waals surface area contributed by atoms with Crippen LogP contribution in [0.2, 0.25) is 5.02 Å². The molecule has 0 atom stereocenters. The van der Waals surface area contributed by atoms with E-state index in [1.165, 1.54) is 18.2 Å². The van der Waals surface area contributed by atoms with Crippen molar-refractivity contribution in [2.45, 2.75) is 0 Å². The highest BCUT2D eigenvalue weighted by Gasteiger charge is 2.16. The Kier molecular flexibility index (Phi) is 3.28. The van der Waals surface area contributed by atoms with Gasteiger partial charge in [0.05, 0.1) is 10.7 Å². The molecule has 0 saturated carbocycles. The second-order valence-corrected chi connectivity index (χ2v) is 4.62. The number of halogens is 2. The molecule has 104 valence electrons. The number of anilines is 1. The quantitative estimate of drug-likeness (QED) is 0.860. The zero-order valence-corrected chi connectivity index (χ0v) is 11.1. The summed E-state index contributed by atoms with van der Waals surface area (Å²) in [6.45, 7) is 0.949. The molecule has 0 saturated heterocycles. The number of hydrogen-bond donors (Lipinski definition) is 1. The first-order valence-corrected chi connectivity index (χ1v) is 6.33. The van der Waals surface area contributed by atoms with Crippen LogP contribution in [0.4, 0.5) is 10.1 Å². The van der Waals surface area contributed by atoms with Gasteiger partial charge in [0.2, 0.25) is 0 Å². The van der Waals surface area contributed by atoms with Gasteiger partial charge in [0, 0.05) is 12.1 Å². The topological polar surface area (TPSA) is 53.7 Å². The van der Waals surface area contributed by atoms with Crippen molar-refractivity contribution in [1.29, 1.82) is 0 Å². The van der Waals surface area contributed by atoms with E-state index in [4.69, 9.17) is 31.5 Å². The molecule has 3 rings (SSSR count).